The molecule has 0 aliphatic carbocycles. The maximum Gasteiger partial charge on any atom is 0.410 e. The summed E-state index contributed by atoms with van der Waals surface area (Å²) in [5, 5.41) is 11.2. The number of carbonyl (C=O) groups excluding carboxylic acids is 1. The molecule has 0 spiro atoms. The molecular weight excluding hydrogens is 340 g/mol. The number of nitrogens with zero attached hydrogens (tertiary/aromatic N) is 2. The summed E-state index contributed by atoms with van der Waals surface area (Å²) in [6.07, 6.45) is 0.0587. The summed E-state index contributed by atoms with van der Waals surface area (Å²) in [4.78, 5) is 24.4. The molecule has 6 nitrogen and oxygen atoms in total. The largest absolute Gasteiger partial charge is 0.444 e. The number of halogens is 1. The topological polar surface area (TPSA) is 72.7 Å². The van der Waals surface area contributed by atoms with Gasteiger partial charge >= 0.3 is 6.09 Å². The van der Waals surface area contributed by atoms with E-state index in [4.69, 9.17) is 4.74 Å². The third-order valence-corrected chi connectivity index (χ3v) is 3.80. The van der Waals surface area contributed by atoms with Crippen LogP contribution in [-0.2, 0) is 17.7 Å². The predicted molar refractivity (Wildman–Crippen MR) is 81.1 cm³/mol. The Morgan fingerprint density at radius 2 is 2.10 bits per heavy atom. The Balaban J connectivity index is 2.24. The molecule has 0 atom stereocenters. The molecule has 1 heterocycles. The second-order valence-electron chi connectivity index (χ2n) is 5.94. The van der Waals surface area contributed by atoms with Gasteiger partial charge in [0, 0.05) is 18.7 Å². The number of hydrogen-bond donors (Lipinski definition) is 0. The molecule has 2 rings (SSSR count). The smallest absolute Gasteiger partial charge is 0.410 e. The lowest BCUT2D eigenvalue weighted by Crippen LogP contribution is -2.40. The van der Waals surface area contributed by atoms with Gasteiger partial charge in [-0.15, -0.1) is 0 Å². The van der Waals surface area contributed by atoms with Crippen LogP contribution in [0.3, 0.4) is 0 Å². The Morgan fingerprint density at radius 3 is 2.67 bits per heavy atom. The van der Waals surface area contributed by atoms with Gasteiger partial charge in [0.1, 0.15) is 5.60 Å². The van der Waals surface area contributed by atoms with Gasteiger partial charge in [-0.25, -0.2) is 4.79 Å². The fraction of sp³-hybridized carbons (Fsp3) is 0.500. The highest BCUT2D eigenvalue weighted by Gasteiger charge is 2.30. The molecule has 0 saturated carbocycles. The molecule has 1 aliphatic rings. The first-order valence-corrected chi connectivity index (χ1v) is 7.41. The highest BCUT2D eigenvalue weighted by atomic mass is 79.9. The highest BCUT2D eigenvalue weighted by Crippen LogP contribution is 2.34. The molecule has 114 valence electrons. The summed E-state index contributed by atoms with van der Waals surface area (Å²) in [6.45, 7) is 6.18. The lowest BCUT2D eigenvalue weighted by Gasteiger charge is -2.31. The number of rotatable bonds is 1. The van der Waals surface area contributed by atoms with Crippen LogP contribution >= 0.6 is 15.9 Å². The minimum absolute atomic E-state index is 0.0938. The van der Waals surface area contributed by atoms with Crippen LogP contribution in [0.2, 0.25) is 0 Å². The van der Waals surface area contributed by atoms with Crippen LogP contribution in [-0.4, -0.2) is 28.1 Å². The third-order valence-electron chi connectivity index (χ3n) is 3.16. The average Bonchev–Trinajstić information content (AvgIpc) is 2.35. The highest BCUT2D eigenvalue weighted by molar-refractivity contribution is 9.10. The fourth-order valence-corrected chi connectivity index (χ4v) is 2.80. The van der Waals surface area contributed by atoms with Crippen LogP contribution in [0.1, 0.15) is 31.9 Å². The molecule has 21 heavy (non-hydrogen) atoms. The van der Waals surface area contributed by atoms with E-state index in [0.29, 0.717) is 29.5 Å². The first-order chi connectivity index (χ1) is 9.69. The Kier molecular flexibility index (Phi) is 4.22. The van der Waals surface area contributed by atoms with Crippen molar-refractivity contribution >= 4 is 27.7 Å². The van der Waals surface area contributed by atoms with Crippen LogP contribution in [0.4, 0.5) is 10.5 Å². The summed E-state index contributed by atoms with van der Waals surface area (Å²) in [6, 6.07) is 3.46. The number of carbonyl (C=O) groups is 1. The zero-order valence-corrected chi connectivity index (χ0v) is 13.8. The number of ether oxygens (including phenoxy) is 1. The molecule has 1 aromatic carbocycles. The summed E-state index contributed by atoms with van der Waals surface area (Å²) in [5.74, 6) is 0. The number of hydrogen-bond acceptors (Lipinski definition) is 4. The van der Waals surface area contributed by atoms with E-state index in [1.54, 1.807) is 11.0 Å². The zero-order valence-electron chi connectivity index (χ0n) is 12.2. The van der Waals surface area contributed by atoms with E-state index in [2.05, 4.69) is 15.9 Å². The van der Waals surface area contributed by atoms with Crippen LogP contribution in [0.15, 0.2) is 16.6 Å². The summed E-state index contributed by atoms with van der Waals surface area (Å²) < 4.78 is 5.81. The van der Waals surface area contributed by atoms with Crippen molar-refractivity contribution in [2.75, 3.05) is 6.54 Å². The van der Waals surface area contributed by atoms with Crippen molar-refractivity contribution in [3.63, 3.8) is 0 Å². The van der Waals surface area contributed by atoms with Crippen LogP contribution < -0.4 is 0 Å². The molecule has 0 bridgehead atoms. The molecule has 0 fully saturated rings. The average molecular weight is 357 g/mol. The lowest BCUT2D eigenvalue weighted by atomic mass is 9.98. The van der Waals surface area contributed by atoms with Gasteiger partial charge in [0.25, 0.3) is 5.69 Å². The molecule has 7 heteroatoms. The summed E-state index contributed by atoms with van der Waals surface area (Å²) in [7, 11) is 0. The van der Waals surface area contributed by atoms with Crippen LogP contribution in [0, 0.1) is 10.1 Å². The molecule has 0 aromatic heterocycles. The van der Waals surface area contributed by atoms with E-state index in [0.717, 1.165) is 5.56 Å². The Hall–Kier alpha value is -1.63. The first-order valence-electron chi connectivity index (χ1n) is 6.61. The second kappa shape index (κ2) is 5.63. The molecule has 0 radical (unpaired) electrons. The van der Waals surface area contributed by atoms with Gasteiger partial charge in [0.2, 0.25) is 0 Å². The van der Waals surface area contributed by atoms with Gasteiger partial charge < -0.3 is 9.64 Å². The van der Waals surface area contributed by atoms with E-state index < -0.39 is 11.7 Å². The quantitative estimate of drug-likeness (QED) is 0.568. The van der Waals surface area contributed by atoms with Gasteiger partial charge in [-0.05, 0) is 54.8 Å². The van der Waals surface area contributed by atoms with Crippen LogP contribution in [0.25, 0.3) is 0 Å². The number of nitro benzene ring substituents is 1. The van der Waals surface area contributed by atoms with Crippen molar-refractivity contribution < 1.29 is 14.5 Å². The van der Waals surface area contributed by atoms with E-state index in [9.17, 15) is 14.9 Å². The van der Waals surface area contributed by atoms with Crippen molar-refractivity contribution in [2.24, 2.45) is 0 Å². The zero-order chi connectivity index (χ0) is 15.8. The van der Waals surface area contributed by atoms with E-state index >= 15 is 0 Å². The number of amides is 1. The molecular formula is C14H17BrN2O4. The van der Waals surface area contributed by atoms with E-state index in [1.165, 1.54) is 0 Å². The maximum atomic E-state index is 12.1. The first kappa shape index (κ1) is 15.8. The number of nitro groups is 1. The number of fused-ring (bicyclic) bond motifs is 1. The standard InChI is InChI=1S/C14H17BrN2O4/c1-14(2,3)21-13(18)16-7-6-10-9(8-16)4-5-11(15)12(10)17(19)20/h4-5H,6-8H2,1-3H3. The molecule has 0 N–H and O–H groups in total. The molecule has 0 saturated heterocycles. The van der Waals surface area contributed by atoms with Gasteiger partial charge in [-0.1, -0.05) is 6.07 Å². The molecule has 1 amide bonds. The Morgan fingerprint density at radius 1 is 1.43 bits per heavy atom. The lowest BCUT2D eigenvalue weighted by molar-refractivity contribution is -0.386. The van der Waals surface area contributed by atoms with Crippen molar-refractivity contribution in [1.29, 1.82) is 0 Å². The van der Waals surface area contributed by atoms with Gasteiger partial charge in [0.15, 0.2) is 0 Å². The van der Waals surface area contributed by atoms with Crippen molar-refractivity contribution in [3.05, 3.63) is 37.8 Å². The van der Waals surface area contributed by atoms with E-state index in [-0.39, 0.29) is 10.6 Å². The van der Waals surface area contributed by atoms with Crippen LogP contribution in [0.5, 0.6) is 0 Å². The normalized spacial score (nSPS) is 14.6. The van der Waals surface area contributed by atoms with Gasteiger partial charge in [-0.3, -0.25) is 10.1 Å². The minimum Gasteiger partial charge on any atom is -0.444 e. The summed E-state index contributed by atoms with van der Waals surface area (Å²) >= 11 is 3.21. The molecule has 1 aliphatic heterocycles. The maximum absolute atomic E-state index is 12.1. The Labute approximate surface area is 131 Å². The second-order valence-corrected chi connectivity index (χ2v) is 6.80. The number of benzene rings is 1. The van der Waals surface area contributed by atoms with Crippen molar-refractivity contribution in [1.82, 2.24) is 4.90 Å². The predicted octanol–water partition coefficient (Wildman–Crippen LogP) is 3.65. The SMILES string of the molecule is CC(C)(C)OC(=O)N1CCc2c(ccc(Br)c2[N+](=O)[O-])C1. The van der Waals surface area contributed by atoms with Gasteiger partial charge in [-0.2, -0.15) is 0 Å². The third kappa shape index (κ3) is 3.53. The van der Waals surface area contributed by atoms with Crippen molar-refractivity contribution in [3.8, 4) is 0 Å². The monoisotopic (exact) mass is 356 g/mol. The van der Waals surface area contributed by atoms with Crippen molar-refractivity contribution in [2.45, 2.75) is 39.3 Å². The summed E-state index contributed by atoms with van der Waals surface area (Å²) in [5.41, 5.74) is 1.02. The Bertz CT molecular complexity index is 595. The fourth-order valence-electron chi connectivity index (χ4n) is 2.29. The molecule has 1 aromatic rings. The minimum atomic E-state index is -0.553. The van der Waals surface area contributed by atoms with E-state index in [1.807, 2.05) is 26.8 Å². The molecule has 0 unspecified atom stereocenters. The van der Waals surface area contributed by atoms with Gasteiger partial charge in [0.05, 0.1) is 9.40 Å².